The van der Waals surface area contributed by atoms with E-state index < -0.39 is 0 Å². The van der Waals surface area contributed by atoms with Crippen molar-refractivity contribution in [3.63, 3.8) is 0 Å². The molecule has 0 unspecified atom stereocenters. The zero-order chi connectivity index (χ0) is 21.1. The Bertz CT molecular complexity index is 1190. The quantitative estimate of drug-likeness (QED) is 0.438. The highest BCUT2D eigenvalue weighted by atomic mass is 35.5. The van der Waals surface area contributed by atoms with Crippen LogP contribution in [0, 0.1) is 0 Å². The first kappa shape index (κ1) is 20.1. The molecule has 0 saturated heterocycles. The Hall–Kier alpha value is -3.22. The Balaban J connectivity index is 1.52. The van der Waals surface area contributed by atoms with E-state index in [0.717, 1.165) is 16.9 Å². The molecule has 30 heavy (non-hydrogen) atoms. The van der Waals surface area contributed by atoms with Gasteiger partial charge in [0, 0.05) is 23.0 Å². The van der Waals surface area contributed by atoms with Gasteiger partial charge in [0.15, 0.2) is 6.61 Å². The van der Waals surface area contributed by atoms with Gasteiger partial charge in [-0.15, -0.1) is 0 Å². The van der Waals surface area contributed by atoms with Crippen LogP contribution in [0.5, 0.6) is 11.5 Å². The van der Waals surface area contributed by atoms with Crippen LogP contribution in [-0.2, 0) is 4.79 Å². The first-order valence-electron chi connectivity index (χ1n) is 9.03. The fourth-order valence-corrected chi connectivity index (χ4v) is 3.42. The molecular weight excluding hydrogens is 425 g/mol. The number of hydrogen-bond acceptors (Lipinski definition) is 4. The zero-order valence-electron chi connectivity index (χ0n) is 15.9. The van der Waals surface area contributed by atoms with Gasteiger partial charge in [0.05, 0.1) is 23.5 Å². The van der Waals surface area contributed by atoms with E-state index in [1.807, 2.05) is 47.1 Å². The molecule has 0 bridgehead atoms. The maximum atomic E-state index is 12.4. The lowest BCUT2D eigenvalue weighted by atomic mass is 10.1. The summed E-state index contributed by atoms with van der Waals surface area (Å²) in [6.45, 7) is -0.219. The van der Waals surface area contributed by atoms with Crippen molar-refractivity contribution in [2.24, 2.45) is 0 Å². The minimum absolute atomic E-state index is 0.219. The molecule has 0 fully saturated rings. The zero-order valence-corrected chi connectivity index (χ0v) is 17.4. The van der Waals surface area contributed by atoms with Gasteiger partial charge in [0.2, 0.25) is 0 Å². The number of hydrogen-bond donors (Lipinski definition) is 1. The molecule has 2 aromatic carbocycles. The molecule has 0 saturated carbocycles. The molecular formula is C22H17Cl2N3O3. The van der Waals surface area contributed by atoms with Crippen LogP contribution < -0.4 is 14.8 Å². The standard InChI is InChI=1S/C22H17Cl2N3O3/c1-29-20-7-5-14(18-12-27-9-3-2-4-21(27)25-18)10-17(20)26-22(28)13-30-19-8-6-15(23)11-16(19)24/h2-12H,13H2,1H3,(H,26,28). The normalized spacial score (nSPS) is 10.8. The van der Waals surface area contributed by atoms with E-state index in [1.54, 1.807) is 31.4 Å². The molecule has 4 rings (SSSR count). The summed E-state index contributed by atoms with van der Waals surface area (Å²) in [6, 6.07) is 16.1. The van der Waals surface area contributed by atoms with Crippen molar-refractivity contribution < 1.29 is 14.3 Å². The van der Waals surface area contributed by atoms with Crippen LogP contribution in [-0.4, -0.2) is 29.0 Å². The topological polar surface area (TPSA) is 64.9 Å². The third-order valence-electron chi connectivity index (χ3n) is 4.39. The molecule has 4 aromatic rings. The summed E-state index contributed by atoms with van der Waals surface area (Å²) >= 11 is 11.9. The number of carbonyl (C=O) groups excluding carboxylic acids is 1. The largest absolute Gasteiger partial charge is 0.495 e. The number of carbonyl (C=O) groups is 1. The van der Waals surface area contributed by atoms with Gasteiger partial charge in [-0.1, -0.05) is 29.3 Å². The van der Waals surface area contributed by atoms with Crippen LogP contribution in [0.4, 0.5) is 5.69 Å². The van der Waals surface area contributed by atoms with E-state index in [0.29, 0.717) is 27.2 Å². The average molecular weight is 442 g/mol. The average Bonchev–Trinajstić information content (AvgIpc) is 3.17. The second-order valence-electron chi connectivity index (χ2n) is 6.42. The van der Waals surface area contributed by atoms with E-state index in [-0.39, 0.29) is 12.5 Å². The first-order chi connectivity index (χ1) is 14.5. The Kier molecular flexibility index (Phi) is 5.79. The van der Waals surface area contributed by atoms with Crippen molar-refractivity contribution in [3.8, 4) is 22.8 Å². The number of amides is 1. The van der Waals surface area contributed by atoms with E-state index in [9.17, 15) is 4.79 Å². The van der Waals surface area contributed by atoms with Crippen LogP contribution in [0.2, 0.25) is 10.0 Å². The van der Waals surface area contributed by atoms with Crippen LogP contribution in [0.25, 0.3) is 16.9 Å². The highest BCUT2D eigenvalue weighted by molar-refractivity contribution is 6.35. The monoisotopic (exact) mass is 441 g/mol. The van der Waals surface area contributed by atoms with Crippen molar-refractivity contribution in [2.45, 2.75) is 0 Å². The molecule has 0 radical (unpaired) electrons. The number of nitrogens with one attached hydrogen (secondary N) is 1. The summed E-state index contributed by atoms with van der Waals surface area (Å²) in [4.78, 5) is 17.1. The maximum absolute atomic E-state index is 12.4. The molecule has 0 aliphatic heterocycles. The number of methoxy groups -OCH3 is 1. The number of aromatic nitrogens is 2. The SMILES string of the molecule is COc1ccc(-c2cn3ccccc3n2)cc1NC(=O)COc1ccc(Cl)cc1Cl. The molecule has 0 aliphatic carbocycles. The van der Waals surface area contributed by atoms with Crippen molar-refractivity contribution in [2.75, 3.05) is 19.0 Å². The van der Waals surface area contributed by atoms with E-state index in [1.165, 1.54) is 0 Å². The van der Waals surface area contributed by atoms with E-state index >= 15 is 0 Å². The lowest BCUT2D eigenvalue weighted by molar-refractivity contribution is -0.118. The predicted octanol–water partition coefficient (Wildman–Crippen LogP) is 5.33. The summed E-state index contributed by atoms with van der Waals surface area (Å²) in [5.41, 5.74) is 2.98. The number of rotatable bonds is 6. The van der Waals surface area contributed by atoms with Crippen molar-refractivity contribution in [3.05, 3.63) is 77.0 Å². The van der Waals surface area contributed by atoms with Crippen molar-refractivity contribution in [1.82, 2.24) is 9.38 Å². The van der Waals surface area contributed by atoms with Crippen LogP contribution >= 0.6 is 23.2 Å². The fourth-order valence-electron chi connectivity index (χ4n) is 2.96. The molecule has 6 nitrogen and oxygen atoms in total. The minimum atomic E-state index is -0.355. The molecule has 2 aromatic heterocycles. The van der Waals surface area contributed by atoms with Crippen LogP contribution in [0.1, 0.15) is 0 Å². The minimum Gasteiger partial charge on any atom is -0.495 e. The molecule has 8 heteroatoms. The van der Waals surface area contributed by atoms with Gasteiger partial charge in [-0.05, 0) is 48.5 Å². The fraction of sp³-hybridized carbons (Fsp3) is 0.0909. The lowest BCUT2D eigenvalue weighted by Gasteiger charge is -2.12. The van der Waals surface area contributed by atoms with Gasteiger partial charge >= 0.3 is 0 Å². The molecule has 152 valence electrons. The summed E-state index contributed by atoms with van der Waals surface area (Å²) in [5.74, 6) is 0.550. The van der Waals surface area contributed by atoms with Crippen LogP contribution in [0.3, 0.4) is 0 Å². The number of ether oxygens (including phenoxy) is 2. The second kappa shape index (κ2) is 8.65. The predicted molar refractivity (Wildman–Crippen MR) is 118 cm³/mol. The summed E-state index contributed by atoms with van der Waals surface area (Å²) < 4.78 is 12.8. The highest BCUT2D eigenvalue weighted by Crippen LogP contribution is 2.31. The highest BCUT2D eigenvalue weighted by Gasteiger charge is 2.13. The van der Waals surface area contributed by atoms with Crippen molar-refractivity contribution >= 4 is 40.4 Å². The third-order valence-corrected chi connectivity index (χ3v) is 4.92. The van der Waals surface area contributed by atoms with Gasteiger partial charge in [-0.25, -0.2) is 4.98 Å². The molecule has 1 amide bonds. The molecule has 0 spiro atoms. The Morgan fingerprint density at radius 2 is 1.93 bits per heavy atom. The van der Waals surface area contributed by atoms with Gasteiger partial charge in [0.25, 0.3) is 5.91 Å². The van der Waals surface area contributed by atoms with Gasteiger partial charge < -0.3 is 19.2 Å². The number of anilines is 1. The lowest BCUT2D eigenvalue weighted by Crippen LogP contribution is -2.20. The number of nitrogens with zero attached hydrogens (tertiary/aromatic N) is 2. The van der Waals surface area contributed by atoms with Gasteiger partial charge in [-0.3, -0.25) is 4.79 Å². The second-order valence-corrected chi connectivity index (χ2v) is 7.26. The number of pyridine rings is 1. The third kappa shape index (κ3) is 4.35. The molecule has 1 N–H and O–H groups in total. The summed E-state index contributed by atoms with van der Waals surface area (Å²) in [5, 5.41) is 3.64. The Labute approximate surface area is 183 Å². The summed E-state index contributed by atoms with van der Waals surface area (Å²) in [6.07, 6.45) is 3.85. The van der Waals surface area contributed by atoms with Crippen LogP contribution in [0.15, 0.2) is 67.0 Å². The van der Waals surface area contributed by atoms with Gasteiger partial charge in [0.1, 0.15) is 17.1 Å². The molecule has 0 atom stereocenters. The molecule has 2 heterocycles. The van der Waals surface area contributed by atoms with Crippen molar-refractivity contribution in [1.29, 1.82) is 0 Å². The Morgan fingerprint density at radius 3 is 2.70 bits per heavy atom. The molecule has 0 aliphatic rings. The number of imidazole rings is 1. The van der Waals surface area contributed by atoms with E-state index in [4.69, 9.17) is 32.7 Å². The summed E-state index contributed by atoms with van der Waals surface area (Å²) in [7, 11) is 1.54. The van der Waals surface area contributed by atoms with E-state index in [2.05, 4.69) is 10.3 Å². The first-order valence-corrected chi connectivity index (χ1v) is 9.79. The Morgan fingerprint density at radius 1 is 1.10 bits per heavy atom. The number of halogens is 2. The smallest absolute Gasteiger partial charge is 0.262 e. The number of benzene rings is 2. The van der Waals surface area contributed by atoms with Gasteiger partial charge in [-0.2, -0.15) is 0 Å². The maximum Gasteiger partial charge on any atom is 0.262 e. The number of fused-ring (bicyclic) bond motifs is 1.